The lowest BCUT2D eigenvalue weighted by molar-refractivity contribution is -0.179. The Kier molecular flexibility index (Phi) is 13.7. The van der Waals surface area contributed by atoms with E-state index < -0.39 is 30.9 Å². The number of unbranched alkanes of at least 4 members (excludes halogenated alkanes) is 6. The lowest BCUT2D eigenvalue weighted by atomic mass is 10.1. The molecule has 0 aliphatic carbocycles. The Morgan fingerprint density at radius 1 is 0.885 bits per heavy atom. The number of halogens is 4. The quantitative estimate of drug-likeness (QED) is 0.162. The van der Waals surface area contributed by atoms with Crippen molar-refractivity contribution in [2.75, 3.05) is 13.2 Å². The smallest absolute Gasteiger partial charge is 0.340 e. The number of rotatable bonds is 16. The fourth-order valence-corrected chi connectivity index (χ4v) is 2.04. The van der Waals surface area contributed by atoms with Crippen molar-refractivity contribution >= 4 is 11.9 Å². The first kappa shape index (κ1) is 24.4. The van der Waals surface area contributed by atoms with E-state index in [4.69, 9.17) is 4.74 Å². The Labute approximate surface area is 151 Å². The zero-order valence-corrected chi connectivity index (χ0v) is 15.0. The normalized spacial score (nSPS) is 11.4. The van der Waals surface area contributed by atoms with Crippen LogP contribution in [0.25, 0.3) is 0 Å². The molecule has 26 heavy (non-hydrogen) atoms. The summed E-state index contributed by atoms with van der Waals surface area (Å²) in [5.74, 6) is -5.89. The van der Waals surface area contributed by atoms with Crippen molar-refractivity contribution in [3.63, 3.8) is 0 Å². The van der Waals surface area contributed by atoms with Crippen LogP contribution in [0.4, 0.5) is 17.6 Å². The fourth-order valence-electron chi connectivity index (χ4n) is 2.04. The van der Waals surface area contributed by atoms with Gasteiger partial charge in [0.05, 0.1) is 6.61 Å². The number of allylic oxidation sites excluding steroid dienone is 1. The van der Waals surface area contributed by atoms with Crippen molar-refractivity contribution in [3.05, 3.63) is 12.7 Å². The van der Waals surface area contributed by atoms with Crippen molar-refractivity contribution < 1.29 is 36.6 Å². The standard InChI is InChI=1S/C18H28F4O4/c1-2-3-4-5-6-7-8-9-13-25-15(23)11-10-12-16(24)26-14-18(21,22)17(19)20/h2,17H,1,3-14H2. The van der Waals surface area contributed by atoms with Crippen LogP contribution in [0.1, 0.15) is 64.2 Å². The molecule has 0 rings (SSSR count). The molecule has 0 atom stereocenters. The summed E-state index contributed by atoms with van der Waals surface area (Å²) in [6, 6.07) is 0. The van der Waals surface area contributed by atoms with Gasteiger partial charge < -0.3 is 9.47 Å². The summed E-state index contributed by atoms with van der Waals surface area (Å²) >= 11 is 0. The monoisotopic (exact) mass is 384 g/mol. The molecule has 0 aliphatic rings. The van der Waals surface area contributed by atoms with Gasteiger partial charge >= 0.3 is 24.3 Å². The third-order valence-electron chi connectivity index (χ3n) is 3.57. The molecular formula is C18H28F4O4. The van der Waals surface area contributed by atoms with Crippen LogP contribution in [0.2, 0.25) is 0 Å². The lowest BCUT2D eigenvalue weighted by Crippen LogP contribution is -2.33. The molecule has 0 bridgehead atoms. The Morgan fingerprint density at radius 2 is 1.42 bits per heavy atom. The second-order valence-corrected chi connectivity index (χ2v) is 6.00. The second-order valence-electron chi connectivity index (χ2n) is 6.00. The maximum absolute atomic E-state index is 12.6. The highest BCUT2D eigenvalue weighted by Crippen LogP contribution is 2.23. The van der Waals surface area contributed by atoms with Gasteiger partial charge in [-0.2, -0.15) is 8.78 Å². The minimum atomic E-state index is -4.36. The van der Waals surface area contributed by atoms with Crippen LogP contribution in [0.5, 0.6) is 0 Å². The van der Waals surface area contributed by atoms with Crippen molar-refractivity contribution in [1.29, 1.82) is 0 Å². The molecule has 0 N–H and O–H groups in total. The molecule has 0 amide bonds. The molecule has 0 aromatic heterocycles. The van der Waals surface area contributed by atoms with E-state index in [0.29, 0.717) is 6.61 Å². The third kappa shape index (κ3) is 13.7. The summed E-state index contributed by atoms with van der Waals surface area (Å²) in [6.45, 7) is 2.30. The number of carbonyl (C=O) groups excluding carboxylic acids is 2. The molecule has 0 saturated heterocycles. The first-order chi connectivity index (χ1) is 12.3. The maximum Gasteiger partial charge on any atom is 0.340 e. The first-order valence-electron chi connectivity index (χ1n) is 8.87. The highest BCUT2D eigenvalue weighted by molar-refractivity contribution is 5.72. The third-order valence-corrected chi connectivity index (χ3v) is 3.57. The molecule has 4 nitrogen and oxygen atoms in total. The molecule has 0 saturated carbocycles. The topological polar surface area (TPSA) is 52.6 Å². The summed E-state index contributed by atoms with van der Waals surface area (Å²) in [7, 11) is 0. The van der Waals surface area contributed by atoms with E-state index in [1.165, 1.54) is 0 Å². The van der Waals surface area contributed by atoms with Crippen LogP contribution < -0.4 is 0 Å². The average Bonchev–Trinajstić information content (AvgIpc) is 2.58. The summed E-state index contributed by atoms with van der Waals surface area (Å²) < 4.78 is 58.0. The average molecular weight is 384 g/mol. The second kappa shape index (κ2) is 14.6. The van der Waals surface area contributed by atoms with E-state index in [9.17, 15) is 27.2 Å². The highest BCUT2D eigenvalue weighted by Gasteiger charge is 2.42. The molecule has 0 spiro atoms. The summed E-state index contributed by atoms with van der Waals surface area (Å²) in [5, 5.41) is 0. The zero-order valence-electron chi connectivity index (χ0n) is 15.0. The number of alkyl halides is 4. The van der Waals surface area contributed by atoms with Gasteiger partial charge in [-0.3, -0.25) is 9.59 Å². The van der Waals surface area contributed by atoms with Gasteiger partial charge in [0.2, 0.25) is 0 Å². The lowest BCUT2D eigenvalue weighted by Gasteiger charge is -2.14. The summed E-state index contributed by atoms with van der Waals surface area (Å²) in [5.41, 5.74) is 0. The number of hydrogen-bond donors (Lipinski definition) is 0. The Morgan fingerprint density at radius 3 is 2.00 bits per heavy atom. The van der Waals surface area contributed by atoms with Gasteiger partial charge in [0.15, 0.2) is 6.61 Å². The van der Waals surface area contributed by atoms with Gasteiger partial charge in [0.1, 0.15) is 0 Å². The SMILES string of the molecule is C=CCCCCCCCCOC(=O)CCCC(=O)OCC(F)(F)C(F)F. The predicted octanol–water partition coefficient (Wildman–Crippen LogP) is 5.06. The van der Waals surface area contributed by atoms with Gasteiger partial charge in [0, 0.05) is 12.8 Å². The largest absolute Gasteiger partial charge is 0.466 e. The molecule has 8 heteroatoms. The highest BCUT2D eigenvalue weighted by atomic mass is 19.3. The van der Waals surface area contributed by atoms with E-state index in [2.05, 4.69) is 11.3 Å². The number of carbonyl (C=O) groups is 2. The Bertz CT molecular complexity index is 414. The zero-order chi connectivity index (χ0) is 19.8. The molecular weight excluding hydrogens is 356 g/mol. The molecule has 0 radical (unpaired) electrons. The van der Waals surface area contributed by atoms with Gasteiger partial charge in [0.25, 0.3) is 0 Å². The first-order valence-corrected chi connectivity index (χ1v) is 8.87. The number of hydrogen-bond acceptors (Lipinski definition) is 4. The molecule has 0 aliphatic heterocycles. The van der Waals surface area contributed by atoms with Crippen LogP contribution in [-0.4, -0.2) is 37.5 Å². The van der Waals surface area contributed by atoms with Crippen LogP contribution in [0, 0.1) is 0 Å². The van der Waals surface area contributed by atoms with Crippen LogP contribution >= 0.6 is 0 Å². The van der Waals surface area contributed by atoms with Crippen LogP contribution in [0.15, 0.2) is 12.7 Å². The number of esters is 2. The van der Waals surface area contributed by atoms with Gasteiger partial charge in [-0.15, -0.1) is 6.58 Å². The molecule has 0 aromatic carbocycles. The van der Waals surface area contributed by atoms with E-state index in [-0.39, 0.29) is 19.3 Å². The van der Waals surface area contributed by atoms with Gasteiger partial charge in [-0.25, -0.2) is 8.78 Å². The van der Waals surface area contributed by atoms with E-state index in [0.717, 1.165) is 44.9 Å². The molecule has 0 unspecified atom stereocenters. The van der Waals surface area contributed by atoms with Crippen molar-refractivity contribution in [3.8, 4) is 0 Å². The van der Waals surface area contributed by atoms with Crippen LogP contribution in [0.3, 0.4) is 0 Å². The Hall–Kier alpha value is -1.60. The van der Waals surface area contributed by atoms with E-state index >= 15 is 0 Å². The van der Waals surface area contributed by atoms with E-state index in [1.54, 1.807) is 0 Å². The molecule has 152 valence electrons. The summed E-state index contributed by atoms with van der Waals surface area (Å²) in [6.07, 6.45) is 4.96. The Balaban J connectivity index is 3.54. The maximum atomic E-state index is 12.6. The summed E-state index contributed by atoms with van der Waals surface area (Å²) in [4.78, 5) is 22.6. The predicted molar refractivity (Wildman–Crippen MR) is 89.2 cm³/mol. The van der Waals surface area contributed by atoms with Crippen molar-refractivity contribution in [2.24, 2.45) is 0 Å². The molecule has 0 heterocycles. The minimum Gasteiger partial charge on any atom is -0.466 e. The minimum absolute atomic E-state index is 0.0537. The fraction of sp³-hybridized carbons (Fsp3) is 0.778. The molecule has 0 fully saturated rings. The molecule has 0 aromatic rings. The van der Waals surface area contributed by atoms with Gasteiger partial charge in [-0.05, 0) is 25.7 Å². The van der Waals surface area contributed by atoms with Gasteiger partial charge in [-0.1, -0.05) is 31.8 Å². The number of ether oxygens (including phenoxy) is 2. The van der Waals surface area contributed by atoms with Crippen LogP contribution in [-0.2, 0) is 19.1 Å². The van der Waals surface area contributed by atoms with Crippen molar-refractivity contribution in [1.82, 2.24) is 0 Å². The van der Waals surface area contributed by atoms with E-state index in [1.807, 2.05) is 6.08 Å². The van der Waals surface area contributed by atoms with Crippen molar-refractivity contribution in [2.45, 2.75) is 76.6 Å².